The molecule has 0 saturated carbocycles. The molecule has 1 aliphatic rings. The fraction of sp³-hybridized carbons (Fsp3) is 0.385. The van der Waals surface area contributed by atoms with Crippen LogP contribution in [0.5, 0.6) is 5.75 Å². The van der Waals surface area contributed by atoms with Crippen LogP contribution in [-0.4, -0.2) is 25.1 Å². The molecule has 0 bridgehead atoms. The first-order chi connectivity index (χ1) is 15.2. The smallest absolute Gasteiger partial charge is 0.266 e. The quantitative estimate of drug-likeness (QED) is 0.454. The Balaban J connectivity index is 2.01. The van der Waals surface area contributed by atoms with Crippen LogP contribution in [0.4, 0.5) is 15.8 Å². The van der Waals surface area contributed by atoms with E-state index in [1.807, 2.05) is 18.2 Å². The monoisotopic (exact) mass is 435 g/mol. The molecule has 0 aliphatic carbocycles. The number of methoxy groups -OCH3 is 1. The lowest BCUT2D eigenvalue weighted by Gasteiger charge is -2.47. The summed E-state index contributed by atoms with van der Waals surface area (Å²) in [7, 11) is 1.59. The Morgan fingerprint density at radius 1 is 1.34 bits per heavy atom. The Morgan fingerprint density at radius 2 is 2.03 bits per heavy atom. The summed E-state index contributed by atoms with van der Waals surface area (Å²) in [5.74, 6) is -0.0187. The molecular weight excluding hydrogens is 405 g/mol. The molecule has 6 heteroatoms. The zero-order chi connectivity index (χ0) is 23.5. The topological polar surface area (TPSA) is 65.4 Å². The average molecular weight is 436 g/mol. The number of carbonyl (C=O) groups is 1. The number of amides is 1. The van der Waals surface area contributed by atoms with Gasteiger partial charge in [0.15, 0.2) is 0 Å². The highest BCUT2D eigenvalue weighted by molar-refractivity contribution is 6.09. The Hall–Kier alpha value is -3.33. The molecule has 1 unspecified atom stereocenters. The summed E-state index contributed by atoms with van der Waals surface area (Å²) in [4.78, 5) is 15.1. The number of ether oxygens (including phenoxy) is 1. The summed E-state index contributed by atoms with van der Waals surface area (Å²) in [5, 5.41) is 12.3. The van der Waals surface area contributed by atoms with Crippen molar-refractivity contribution in [3.63, 3.8) is 0 Å². The molecule has 0 saturated heterocycles. The summed E-state index contributed by atoms with van der Waals surface area (Å²) in [6.45, 7) is 9.83. The molecule has 168 valence electrons. The van der Waals surface area contributed by atoms with Gasteiger partial charge in [-0.2, -0.15) is 5.26 Å². The summed E-state index contributed by atoms with van der Waals surface area (Å²) in [6, 6.07) is 11.4. The van der Waals surface area contributed by atoms with Crippen molar-refractivity contribution in [1.29, 1.82) is 5.26 Å². The molecule has 1 atom stereocenters. The van der Waals surface area contributed by atoms with E-state index < -0.39 is 11.7 Å². The minimum Gasteiger partial charge on any atom is -0.496 e. The van der Waals surface area contributed by atoms with Crippen molar-refractivity contribution in [3.05, 3.63) is 58.9 Å². The molecule has 0 fully saturated rings. The summed E-state index contributed by atoms with van der Waals surface area (Å²) in [5.41, 5.74) is 3.39. The van der Waals surface area contributed by atoms with Gasteiger partial charge >= 0.3 is 0 Å². The van der Waals surface area contributed by atoms with Gasteiger partial charge in [0.05, 0.1) is 7.11 Å². The van der Waals surface area contributed by atoms with Crippen LogP contribution in [0.1, 0.15) is 57.6 Å². The number of nitriles is 1. The minimum absolute atomic E-state index is 0.0254. The molecule has 1 aliphatic heterocycles. The Labute approximate surface area is 189 Å². The predicted molar refractivity (Wildman–Crippen MR) is 126 cm³/mol. The number of fused-ring (bicyclic) bond motifs is 1. The lowest BCUT2D eigenvalue weighted by molar-refractivity contribution is -0.112. The number of benzene rings is 2. The number of carbonyl (C=O) groups excluding carboxylic acids is 1. The van der Waals surface area contributed by atoms with E-state index in [2.05, 4.69) is 37.9 Å². The molecule has 32 heavy (non-hydrogen) atoms. The molecule has 2 aromatic rings. The van der Waals surface area contributed by atoms with Gasteiger partial charge in [0, 0.05) is 35.1 Å². The van der Waals surface area contributed by atoms with Crippen molar-refractivity contribution in [1.82, 2.24) is 0 Å². The third-order valence-electron chi connectivity index (χ3n) is 5.95. The molecule has 2 aromatic carbocycles. The Morgan fingerprint density at radius 3 is 2.62 bits per heavy atom. The normalized spacial score (nSPS) is 17.3. The summed E-state index contributed by atoms with van der Waals surface area (Å²) in [6.07, 6.45) is 3.59. The van der Waals surface area contributed by atoms with E-state index in [0.29, 0.717) is 22.9 Å². The van der Waals surface area contributed by atoms with Gasteiger partial charge in [-0.15, -0.1) is 0 Å². The van der Waals surface area contributed by atoms with Gasteiger partial charge in [0.25, 0.3) is 5.91 Å². The number of rotatable bonds is 6. The van der Waals surface area contributed by atoms with Gasteiger partial charge in [-0.3, -0.25) is 4.79 Å². The summed E-state index contributed by atoms with van der Waals surface area (Å²) < 4.78 is 18.8. The van der Waals surface area contributed by atoms with Crippen LogP contribution in [0.2, 0.25) is 0 Å². The van der Waals surface area contributed by atoms with Crippen molar-refractivity contribution in [2.45, 2.75) is 52.0 Å². The largest absolute Gasteiger partial charge is 0.496 e. The van der Waals surface area contributed by atoms with Crippen LogP contribution in [0.15, 0.2) is 42.0 Å². The number of nitrogens with one attached hydrogen (secondary N) is 1. The molecule has 0 aromatic heterocycles. The van der Waals surface area contributed by atoms with Gasteiger partial charge in [-0.25, -0.2) is 4.39 Å². The Kier molecular flexibility index (Phi) is 6.88. The van der Waals surface area contributed by atoms with Crippen LogP contribution in [0.25, 0.3) is 6.08 Å². The van der Waals surface area contributed by atoms with Gasteiger partial charge in [0.2, 0.25) is 0 Å². The molecular formula is C26H30FN3O2. The summed E-state index contributed by atoms with van der Waals surface area (Å²) >= 11 is 0. The molecule has 0 spiro atoms. The maximum absolute atomic E-state index is 13.1. The van der Waals surface area contributed by atoms with Crippen molar-refractivity contribution in [2.24, 2.45) is 0 Å². The molecule has 1 N–H and O–H groups in total. The SMILES string of the molecule is CCCN1c2cc(OC)c(/C=C(\C#N)C(=O)Nc3ccc(F)cc3)cc2C(C)CC1(C)C. The van der Waals surface area contributed by atoms with Crippen molar-refractivity contribution in [2.75, 3.05) is 23.9 Å². The number of hydrogen-bond donors (Lipinski definition) is 1. The maximum Gasteiger partial charge on any atom is 0.266 e. The van der Waals surface area contributed by atoms with Gasteiger partial charge < -0.3 is 15.0 Å². The molecule has 1 amide bonds. The van der Waals surface area contributed by atoms with Gasteiger partial charge in [0.1, 0.15) is 23.2 Å². The second-order valence-electron chi connectivity index (χ2n) is 8.85. The second-order valence-corrected chi connectivity index (χ2v) is 8.85. The Bertz CT molecular complexity index is 1070. The van der Waals surface area contributed by atoms with E-state index in [1.165, 1.54) is 29.8 Å². The van der Waals surface area contributed by atoms with Gasteiger partial charge in [-0.05, 0) is 74.6 Å². The van der Waals surface area contributed by atoms with Crippen molar-refractivity contribution < 1.29 is 13.9 Å². The highest BCUT2D eigenvalue weighted by Crippen LogP contribution is 2.46. The van der Waals surface area contributed by atoms with Crippen LogP contribution in [0, 0.1) is 17.1 Å². The predicted octanol–water partition coefficient (Wildman–Crippen LogP) is 5.88. The van der Waals surface area contributed by atoms with Crippen LogP contribution >= 0.6 is 0 Å². The van der Waals surface area contributed by atoms with E-state index >= 15 is 0 Å². The maximum atomic E-state index is 13.1. The first-order valence-electron chi connectivity index (χ1n) is 10.9. The zero-order valence-corrected chi connectivity index (χ0v) is 19.3. The minimum atomic E-state index is -0.555. The van der Waals surface area contributed by atoms with E-state index in [-0.39, 0.29) is 11.1 Å². The third kappa shape index (κ3) is 4.77. The fourth-order valence-electron chi connectivity index (χ4n) is 4.50. The van der Waals surface area contributed by atoms with Crippen molar-refractivity contribution >= 4 is 23.4 Å². The van der Waals surface area contributed by atoms with E-state index in [4.69, 9.17) is 4.74 Å². The molecule has 5 nitrogen and oxygen atoms in total. The first-order valence-corrected chi connectivity index (χ1v) is 10.9. The zero-order valence-electron chi connectivity index (χ0n) is 19.3. The van der Waals surface area contributed by atoms with E-state index in [0.717, 1.165) is 25.1 Å². The van der Waals surface area contributed by atoms with E-state index in [1.54, 1.807) is 13.2 Å². The number of hydrogen-bond acceptors (Lipinski definition) is 4. The van der Waals surface area contributed by atoms with Crippen LogP contribution in [-0.2, 0) is 4.79 Å². The molecule has 3 rings (SSSR count). The van der Waals surface area contributed by atoms with Crippen molar-refractivity contribution in [3.8, 4) is 11.8 Å². The average Bonchev–Trinajstić information content (AvgIpc) is 2.75. The number of nitrogens with zero attached hydrogens (tertiary/aromatic N) is 2. The number of halogens is 1. The lowest BCUT2D eigenvalue weighted by Crippen LogP contribution is -2.48. The van der Waals surface area contributed by atoms with Crippen LogP contribution in [0.3, 0.4) is 0 Å². The molecule has 0 radical (unpaired) electrons. The molecule has 1 heterocycles. The third-order valence-corrected chi connectivity index (χ3v) is 5.95. The fourth-order valence-corrected chi connectivity index (χ4v) is 4.50. The second kappa shape index (κ2) is 9.44. The van der Waals surface area contributed by atoms with Gasteiger partial charge in [-0.1, -0.05) is 13.8 Å². The highest BCUT2D eigenvalue weighted by Gasteiger charge is 2.36. The lowest BCUT2D eigenvalue weighted by atomic mass is 9.79. The van der Waals surface area contributed by atoms with Crippen LogP contribution < -0.4 is 15.0 Å². The van der Waals surface area contributed by atoms with E-state index in [9.17, 15) is 14.4 Å². The standard InChI is InChI=1S/C26H30FN3O2/c1-6-11-30-23-14-24(32-5)18(13-22(23)17(2)15-26(30,3)4)12-19(16-28)25(31)29-21-9-7-20(27)8-10-21/h7-10,12-14,17H,6,11,15H2,1-5H3,(H,29,31)/b19-12+. The highest BCUT2D eigenvalue weighted by atomic mass is 19.1. The number of anilines is 2. The first kappa shape index (κ1) is 23.3.